The van der Waals surface area contributed by atoms with E-state index in [0.29, 0.717) is 17.5 Å². The maximum atomic E-state index is 6.10. The molecule has 104 valence electrons. The van der Waals surface area contributed by atoms with Crippen LogP contribution < -0.4 is 10.6 Å². The van der Waals surface area contributed by atoms with E-state index in [0.717, 1.165) is 21.5 Å². The number of benzene rings is 1. The molecule has 1 aromatic heterocycles. The van der Waals surface area contributed by atoms with Crippen molar-refractivity contribution in [3.8, 4) is 0 Å². The molecule has 2 N–H and O–H groups in total. The summed E-state index contributed by atoms with van der Waals surface area (Å²) in [4.78, 5) is 4.19. The zero-order valence-electron chi connectivity index (χ0n) is 10.6. The summed E-state index contributed by atoms with van der Waals surface area (Å²) in [5.74, 6) is 0.697. The summed E-state index contributed by atoms with van der Waals surface area (Å²) >= 11 is 14.7. The van der Waals surface area contributed by atoms with E-state index in [1.54, 1.807) is 6.20 Å². The molecular formula is C14H13BrClN3S. The Morgan fingerprint density at radius 3 is 2.80 bits per heavy atom. The molecule has 0 atom stereocenters. The number of rotatable bonds is 4. The third-order valence-electron chi connectivity index (χ3n) is 2.63. The highest BCUT2D eigenvalue weighted by atomic mass is 79.9. The first-order chi connectivity index (χ1) is 9.66. The van der Waals surface area contributed by atoms with Crippen molar-refractivity contribution >= 4 is 50.7 Å². The summed E-state index contributed by atoms with van der Waals surface area (Å²) in [5, 5.41) is 7.49. The summed E-state index contributed by atoms with van der Waals surface area (Å²) in [6.45, 7) is 0.708. The number of halogens is 2. The van der Waals surface area contributed by atoms with Crippen LogP contribution in [0.5, 0.6) is 0 Å². The van der Waals surface area contributed by atoms with Crippen LogP contribution in [0.4, 0.5) is 5.82 Å². The van der Waals surface area contributed by atoms with Crippen molar-refractivity contribution in [2.75, 3.05) is 11.9 Å². The van der Waals surface area contributed by atoms with Crippen LogP contribution in [0.25, 0.3) is 0 Å². The van der Waals surface area contributed by atoms with Gasteiger partial charge in [0.15, 0.2) is 5.11 Å². The molecule has 1 heterocycles. The van der Waals surface area contributed by atoms with E-state index < -0.39 is 0 Å². The highest BCUT2D eigenvalue weighted by Crippen LogP contribution is 2.18. The number of hydrogen-bond donors (Lipinski definition) is 2. The average Bonchev–Trinajstić information content (AvgIpc) is 2.43. The van der Waals surface area contributed by atoms with Gasteiger partial charge in [0.1, 0.15) is 5.82 Å². The van der Waals surface area contributed by atoms with Crippen LogP contribution in [-0.4, -0.2) is 16.6 Å². The van der Waals surface area contributed by atoms with E-state index in [-0.39, 0.29) is 0 Å². The van der Waals surface area contributed by atoms with Crippen LogP contribution in [-0.2, 0) is 6.42 Å². The van der Waals surface area contributed by atoms with Crippen molar-refractivity contribution in [2.24, 2.45) is 0 Å². The second kappa shape index (κ2) is 7.57. The lowest BCUT2D eigenvalue weighted by Gasteiger charge is -2.11. The summed E-state index contributed by atoms with van der Waals surface area (Å²) < 4.78 is 0.871. The molecule has 0 bridgehead atoms. The molecule has 3 nitrogen and oxygen atoms in total. The number of nitrogens with one attached hydrogen (secondary N) is 2. The zero-order chi connectivity index (χ0) is 14.4. The van der Waals surface area contributed by atoms with E-state index in [4.69, 9.17) is 23.8 Å². The van der Waals surface area contributed by atoms with Gasteiger partial charge in [0.25, 0.3) is 0 Å². The number of nitrogens with zero attached hydrogens (tertiary/aromatic N) is 1. The van der Waals surface area contributed by atoms with E-state index in [1.165, 1.54) is 0 Å². The third-order valence-corrected chi connectivity index (χ3v) is 3.88. The van der Waals surface area contributed by atoms with Gasteiger partial charge < -0.3 is 10.6 Å². The molecule has 0 spiro atoms. The van der Waals surface area contributed by atoms with Crippen molar-refractivity contribution in [1.29, 1.82) is 0 Å². The second-order valence-electron chi connectivity index (χ2n) is 4.06. The molecule has 0 saturated carbocycles. The Morgan fingerprint density at radius 2 is 2.05 bits per heavy atom. The molecule has 0 unspecified atom stereocenters. The minimum absolute atomic E-state index is 0.538. The molecule has 0 aliphatic carbocycles. The minimum atomic E-state index is 0.538. The Hall–Kier alpha value is -1.17. The predicted octanol–water partition coefficient (Wildman–Crippen LogP) is 4.03. The number of anilines is 1. The summed E-state index contributed by atoms with van der Waals surface area (Å²) in [6.07, 6.45) is 2.52. The van der Waals surface area contributed by atoms with Gasteiger partial charge in [-0.1, -0.05) is 29.8 Å². The fraction of sp³-hybridized carbons (Fsp3) is 0.143. The topological polar surface area (TPSA) is 37.0 Å². The van der Waals surface area contributed by atoms with Gasteiger partial charge in [0.05, 0.1) is 4.47 Å². The summed E-state index contributed by atoms with van der Waals surface area (Å²) in [7, 11) is 0. The molecule has 2 rings (SSSR count). The Morgan fingerprint density at radius 1 is 1.25 bits per heavy atom. The van der Waals surface area contributed by atoms with E-state index in [2.05, 4.69) is 31.5 Å². The molecule has 2 aromatic rings. The van der Waals surface area contributed by atoms with Gasteiger partial charge in [-0.3, -0.25) is 0 Å². The average molecular weight is 371 g/mol. The fourth-order valence-electron chi connectivity index (χ4n) is 1.64. The molecular weight excluding hydrogens is 358 g/mol. The third kappa shape index (κ3) is 4.44. The second-order valence-corrected chi connectivity index (χ2v) is 5.73. The highest BCUT2D eigenvalue weighted by molar-refractivity contribution is 9.10. The van der Waals surface area contributed by atoms with E-state index >= 15 is 0 Å². The molecule has 1 aromatic carbocycles. The molecule has 0 aliphatic heterocycles. The number of hydrogen-bond acceptors (Lipinski definition) is 2. The number of thiocarbonyl (C=S) groups is 1. The minimum Gasteiger partial charge on any atom is -0.362 e. The summed E-state index contributed by atoms with van der Waals surface area (Å²) in [6, 6.07) is 11.5. The van der Waals surface area contributed by atoms with Gasteiger partial charge >= 0.3 is 0 Å². The first kappa shape index (κ1) is 15.2. The van der Waals surface area contributed by atoms with Crippen LogP contribution in [0.1, 0.15) is 5.56 Å². The molecule has 0 fully saturated rings. The van der Waals surface area contributed by atoms with Crippen molar-refractivity contribution in [1.82, 2.24) is 10.3 Å². The lowest BCUT2D eigenvalue weighted by molar-refractivity contribution is 0.873. The lowest BCUT2D eigenvalue weighted by Crippen LogP contribution is -2.30. The Kier molecular flexibility index (Phi) is 5.76. The lowest BCUT2D eigenvalue weighted by atomic mass is 10.1. The van der Waals surface area contributed by atoms with Crippen LogP contribution in [0.3, 0.4) is 0 Å². The normalized spacial score (nSPS) is 10.1. The molecule has 6 heteroatoms. The molecule has 0 saturated heterocycles. The number of pyridine rings is 1. The first-order valence-electron chi connectivity index (χ1n) is 6.05. The Labute approximate surface area is 136 Å². The highest BCUT2D eigenvalue weighted by Gasteiger charge is 2.03. The van der Waals surface area contributed by atoms with Gasteiger partial charge in [0.2, 0.25) is 0 Å². The smallest absolute Gasteiger partial charge is 0.171 e. The molecule has 0 aliphatic rings. The van der Waals surface area contributed by atoms with Crippen LogP contribution in [0.2, 0.25) is 5.02 Å². The zero-order valence-corrected chi connectivity index (χ0v) is 13.7. The van der Waals surface area contributed by atoms with Crippen molar-refractivity contribution < 1.29 is 0 Å². The van der Waals surface area contributed by atoms with Gasteiger partial charge in [-0.2, -0.15) is 0 Å². The number of aromatic nitrogens is 1. The van der Waals surface area contributed by atoms with Gasteiger partial charge in [-0.25, -0.2) is 4.98 Å². The monoisotopic (exact) mass is 369 g/mol. The SMILES string of the molecule is S=C(NCCc1ccccc1Cl)Nc1ncccc1Br. The molecule has 0 radical (unpaired) electrons. The first-order valence-corrected chi connectivity index (χ1v) is 7.63. The van der Waals surface area contributed by atoms with Crippen molar-refractivity contribution in [2.45, 2.75) is 6.42 Å². The van der Waals surface area contributed by atoms with Crippen LogP contribution in [0, 0.1) is 0 Å². The standard InChI is InChI=1S/C14H13BrClN3S/c15-11-5-3-8-17-13(11)19-14(20)18-9-7-10-4-1-2-6-12(10)16/h1-6,8H,7,9H2,(H2,17,18,19,20). The fourth-order valence-corrected chi connectivity index (χ4v) is 2.42. The maximum Gasteiger partial charge on any atom is 0.171 e. The molecule has 0 amide bonds. The predicted molar refractivity (Wildman–Crippen MR) is 91.3 cm³/mol. The quantitative estimate of drug-likeness (QED) is 0.797. The van der Waals surface area contributed by atoms with Crippen LogP contribution in [0.15, 0.2) is 47.1 Å². The molecule has 20 heavy (non-hydrogen) atoms. The van der Waals surface area contributed by atoms with E-state index in [1.807, 2.05) is 36.4 Å². The Balaban J connectivity index is 1.82. The van der Waals surface area contributed by atoms with Gasteiger partial charge in [-0.05, 0) is 58.3 Å². The van der Waals surface area contributed by atoms with Crippen molar-refractivity contribution in [3.05, 3.63) is 57.7 Å². The Bertz CT molecular complexity index is 606. The van der Waals surface area contributed by atoms with Gasteiger partial charge in [-0.15, -0.1) is 0 Å². The van der Waals surface area contributed by atoms with E-state index in [9.17, 15) is 0 Å². The summed E-state index contributed by atoms with van der Waals surface area (Å²) in [5.41, 5.74) is 1.10. The van der Waals surface area contributed by atoms with Crippen molar-refractivity contribution in [3.63, 3.8) is 0 Å². The van der Waals surface area contributed by atoms with Crippen LogP contribution >= 0.6 is 39.7 Å². The van der Waals surface area contributed by atoms with Gasteiger partial charge in [0, 0.05) is 17.8 Å². The largest absolute Gasteiger partial charge is 0.362 e. The maximum absolute atomic E-state index is 6.10.